The van der Waals surface area contributed by atoms with Gasteiger partial charge in [0.05, 0.1) is 17.1 Å². The van der Waals surface area contributed by atoms with Crippen LogP contribution in [-0.2, 0) is 16.6 Å². The van der Waals surface area contributed by atoms with Crippen molar-refractivity contribution in [2.24, 2.45) is 0 Å². The number of aromatic nitrogens is 1. The van der Waals surface area contributed by atoms with E-state index in [0.717, 1.165) is 11.1 Å². The third-order valence-corrected chi connectivity index (χ3v) is 5.55. The molecule has 0 spiro atoms. The molecule has 1 aromatic heterocycles. The lowest BCUT2D eigenvalue weighted by atomic mass is 10.2. The Balaban J connectivity index is 1.78. The molecule has 0 saturated heterocycles. The molecule has 3 aromatic rings. The van der Waals surface area contributed by atoms with E-state index in [2.05, 4.69) is 5.16 Å². The first-order valence-electron chi connectivity index (χ1n) is 7.51. The van der Waals surface area contributed by atoms with Gasteiger partial charge in [-0.25, -0.2) is 8.42 Å². The Morgan fingerprint density at radius 1 is 1.04 bits per heavy atom. The van der Waals surface area contributed by atoms with Crippen LogP contribution in [0.2, 0.25) is 0 Å². The summed E-state index contributed by atoms with van der Waals surface area (Å²) in [4.78, 5) is 0.266. The third kappa shape index (κ3) is 3.39. The van der Waals surface area contributed by atoms with Crippen molar-refractivity contribution in [3.05, 3.63) is 71.9 Å². The molecule has 2 aromatic carbocycles. The van der Waals surface area contributed by atoms with Gasteiger partial charge in [-0.15, -0.1) is 0 Å². The van der Waals surface area contributed by atoms with Crippen LogP contribution >= 0.6 is 0 Å². The minimum absolute atomic E-state index is 0.145. The van der Waals surface area contributed by atoms with Gasteiger partial charge < -0.3 is 4.52 Å². The zero-order chi connectivity index (χ0) is 17.2. The minimum atomic E-state index is -3.56. The fourth-order valence-electron chi connectivity index (χ4n) is 2.33. The van der Waals surface area contributed by atoms with E-state index >= 15 is 0 Å². The maximum Gasteiger partial charge on any atom is 0.243 e. The Bertz CT molecular complexity index is 916. The second-order valence-corrected chi connectivity index (χ2v) is 7.67. The molecular weight excluding hydrogens is 324 g/mol. The van der Waals surface area contributed by atoms with Gasteiger partial charge in [-0.05, 0) is 19.1 Å². The van der Waals surface area contributed by atoms with E-state index in [4.69, 9.17) is 4.52 Å². The van der Waals surface area contributed by atoms with Crippen molar-refractivity contribution in [1.29, 1.82) is 0 Å². The molecule has 0 fully saturated rings. The lowest BCUT2D eigenvalue weighted by molar-refractivity contribution is 0.402. The van der Waals surface area contributed by atoms with E-state index in [9.17, 15) is 8.42 Å². The highest BCUT2D eigenvalue weighted by Crippen LogP contribution is 2.22. The number of aryl methyl sites for hydroxylation is 1. The van der Waals surface area contributed by atoms with Gasteiger partial charge in [0.2, 0.25) is 10.0 Å². The van der Waals surface area contributed by atoms with Gasteiger partial charge in [-0.1, -0.05) is 53.2 Å². The highest BCUT2D eigenvalue weighted by atomic mass is 32.2. The molecule has 6 heteroatoms. The molecule has 0 saturated carbocycles. The Labute approximate surface area is 141 Å². The molecule has 0 atom stereocenters. The molecule has 0 bridgehead atoms. The van der Waals surface area contributed by atoms with Crippen LogP contribution < -0.4 is 0 Å². The SMILES string of the molecule is Cc1ccc(S(=O)(=O)N(C)Cc2cc(-c3ccccc3)on2)cc1. The van der Waals surface area contributed by atoms with Crippen LogP contribution in [0.4, 0.5) is 0 Å². The molecule has 24 heavy (non-hydrogen) atoms. The molecular formula is C18H18N2O3S. The number of hydrogen-bond donors (Lipinski definition) is 0. The molecule has 5 nitrogen and oxygen atoms in total. The Kier molecular flexibility index (Phi) is 4.51. The summed E-state index contributed by atoms with van der Waals surface area (Å²) >= 11 is 0. The smallest absolute Gasteiger partial charge is 0.243 e. The maximum absolute atomic E-state index is 12.6. The van der Waals surface area contributed by atoms with Crippen molar-refractivity contribution in [3.8, 4) is 11.3 Å². The molecule has 0 amide bonds. The van der Waals surface area contributed by atoms with E-state index < -0.39 is 10.0 Å². The van der Waals surface area contributed by atoms with E-state index in [-0.39, 0.29) is 11.4 Å². The van der Waals surface area contributed by atoms with Gasteiger partial charge in [0.1, 0.15) is 0 Å². The maximum atomic E-state index is 12.6. The summed E-state index contributed by atoms with van der Waals surface area (Å²) in [6, 6.07) is 18.1. The van der Waals surface area contributed by atoms with Crippen LogP contribution in [0.3, 0.4) is 0 Å². The fraction of sp³-hybridized carbons (Fsp3) is 0.167. The summed E-state index contributed by atoms with van der Waals surface area (Å²) in [5.74, 6) is 0.617. The van der Waals surface area contributed by atoms with Gasteiger partial charge in [0.15, 0.2) is 5.76 Å². The van der Waals surface area contributed by atoms with Gasteiger partial charge >= 0.3 is 0 Å². The van der Waals surface area contributed by atoms with Gasteiger partial charge in [0, 0.05) is 18.7 Å². The normalized spacial score (nSPS) is 11.8. The zero-order valence-electron chi connectivity index (χ0n) is 13.5. The van der Waals surface area contributed by atoms with Crippen LogP contribution in [0.5, 0.6) is 0 Å². The van der Waals surface area contributed by atoms with E-state index in [1.165, 1.54) is 11.4 Å². The first kappa shape index (κ1) is 16.4. The predicted octanol–water partition coefficient (Wildman–Crippen LogP) is 3.47. The number of nitrogens with zero attached hydrogens (tertiary/aromatic N) is 2. The summed E-state index contributed by atoms with van der Waals surface area (Å²) in [5.41, 5.74) is 2.48. The van der Waals surface area contributed by atoms with Gasteiger partial charge in [-0.3, -0.25) is 0 Å². The van der Waals surface area contributed by atoms with E-state index in [1.807, 2.05) is 37.3 Å². The standard InChI is InChI=1S/C18H18N2O3S/c1-14-8-10-17(11-9-14)24(21,22)20(2)13-16-12-18(23-19-16)15-6-4-3-5-7-15/h3-12H,13H2,1-2H3. The average molecular weight is 342 g/mol. The fourth-order valence-corrected chi connectivity index (χ4v) is 3.47. The third-order valence-electron chi connectivity index (χ3n) is 3.73. The number of hydrogen-bond acceptors (Lipinski definition) is 4. The van der Waals surface area contributed by atoms with Crippen molar-refractivity contribution in [1.82, 2.24) is 9.46 Å². The van der Waals surface area contributed by atoms with Crippen LogP contribution in [0.25, 0.3) is 11.3 Å². The number of rotatable bonds is 5. The highest BCUT2D eigenvalue weighted by Gasteiger charge is 2.22. The number of sulfonamides is 1. The molecule has 0 aliphatic carbocycles. The highest BCUT2D eigenvalue weighted by molar-refractivity contribution is 7.89. The summed E-state index contributed by atoms with van der Waals surface area (Å²) in [5, 5.41) is 3.97. The summed E-state index contributed by atoms with van der Waals surface area (Å²) < 4.78 is 31.8. The Morgan fingerprint density at radius 3 is 2.38 bits per heavy atom. The van der Waals surface area contributed by atoms with Crippen LogP contribution in [0.15, 0.2) is 70.1 Å². The molecule has 3 rings (SSSR count). The lowest BCUT2D eigenvalue weighted by Gasteiger charge is -2.15. The van der Waals surface area contributed by atoms with E-state index in [1.54, 1.807) is 30.3 Å². The molecule has 0 unspecified atom stereocenters. The minimum Gasteiger partial charge on any atom is -0.356 e. The number of benzene rings is 2. The van der Waals surface area contributed by atoms with E-state index in [0.29, 0.717) is 11.5 Å². The monoisotopic (exact) mass is 342 g/mol. The van der Waals surface area contributed by atoms with Crippen molar-refractivity contribution < 1.29 is 12.9 Å². The molecule has 0 N–H and O–H groups in total. The van der Waals surface area contributed by atoms with Crippen LogP contribution in [-0.4, -0.2) is 24.9 Å². The topological polar surface area (TPSA) is 63.4 Å². The lowest BCUT2D eigenvalue weighted by Crippen LogP contribution is -2.26. The Hall–Kier alpha value is -2.44. The quantitative estimate of drug-likeness (QED) is 0.712. The second-order valence-electron chi connectivity index (χ2n) is 5.62. The van der Waals surface area contributed by atoms with Crippen molar-refractivity contribution in [3.63, 3.8) is 0 Å². The van der Waals surface area contributed by atoms with Crippen molar-refractivity contribution in [2.75, 3.05) is 7.05 Å². The molecule has 0 radical (unpaired) electrons. The van der Waals surface area contributed by atoms with Crippen molar-refractivity contribution in [2.45, 2.75) is 18.4 Å². The van der Waals surface area contributed by atoms with Crippen LogP contribution in [0, 0.1) is 6.92 Å². The summed E-state index contributed by atoms with van der Waals surface area (Å²) in [6.07, 6.45) is 0. The Morgan fingerprint density at radius 2 is 1.71 bits per heavy atom. The van der Waals surface area contributed by atoms with Crippen molar-refractivity contribution >= 4 is 10.0 Å². The summed E-state index contributed by atoms with van der Waals surface area (Å²) in [6.45, 7) is 2.06. The first-order valence-corrected chi connectivity index (χ1v) is 8.95. The zero-order valence-corrected chi connectivity index (χ0v) is 14.3. The predicted molar refractivity (Wildman–Crippen MR) is 91.8 cm³/mol. The molecule has 0 aliphatic heterocycles. The summed E-state index contributed by atoms with van der Waals surface area (Å²) in [7, 11) is -2.02. The van der Waals surface area contributed by atoms with Crippen LogP contribution in [0.1, 0.15) is 11.3 Å². The average Bonchev–Trinajstić information content (AvgIpc) is 3.04. The molecule has 124 valence electrons. The largest absolute Gasteiger partial charge is 0.356 e. The van der Waals surface area contributed by atoms with Gasteiger partial charge in [0.25, 0.3) is 0 Å². The van der Waals surface area contributed by atoms with Gasteiger partial charge in [-0.2, -0.15) is 4.31 Å². The first-order chi connectivity index (χ1) is 11.5. The molecule has 1 heterocycles. The molecule has 0 aliphatic rings. The second kappa shape index (κ2) is 6.59.